The fourth-order valence-corrected chi connectivity index (χ4v) is 7.50. The number of carbonyl (C=O) groups excluding carboxylic acids is 6. The first kappa shape index (κ1) is 72.0. The van der Waals surface area contributed by atoms with Crippen LogP contribution in [0.3, 0.4) is 0 Å². The van der Waals surface area contributed by atoms with E-state index in [1.807, 2.05) is 0 Å². The van der Waals surface area contributed by atoms with Gasteiger partial charge in [0, 0.05) is 45.2 Å². The molecule has 0 rings (SSSR count). The molecule has 0 aromatic rings. The van der Waals surface area contributed by atoms with Crippen LogP contribution in [0.5, 0.6) is 0 Å². The average molecular weight is 1120 g/mol. The predicted molar refractivity (Wildman–Crippen MR) is 280 cm³/mol. The number of rotatable bonds is 54. The van der Waals surface area contributed by atoms with Gasteiger partial charge in [-0.05, 0) is 57.9 Å². The molecule has 0 fully saturated rings. The van der Waals surface area contributed by atoms with Crippen LogP contribution in [0.4, 0.5) is 0 Å². The summed E-state index contributed by atoms with van der Waals surface area (Å²) in [6.07, 6.45) is 14.5. The van der Waals surface area contributed by atoms with E-state index in [4.69, 9.17) is 29.8 Å². The van der Waals surface area contributed by atoms with Gasteiger partial charge < -0.3 is 82.1 Å². The number of ether oxygens (including phenoxy) is 4. The average Bonchev–Trinajstić information content (AvgIpc) is 3.38. The number of carbonyl (C=O) groups is 11. The van der Waals surface area contributed by atoms with Crippen molar-refractivity contribution in [2.45, 2.75) is 185 Å². The van der Waals surface area contributed by atoms with Crippen molar-refractivity contribution in [3.63, 3.8) is 0 Å². The molecule has 0 aliphatic rings. The van der Waals surface area contributed by atoms with E-state index in [9.17, 15) is 73.2 Å². The van der Waals surface area contributed by atoms with Gasteiger partial charge in [0.25, 0.3) is 0 Å². The van der Waals surface area contributed by atoms with Crippen LogP contribution in [0.25, 0.3) is 0 Å². The van der Waals surface area contributed by atoms with E-state index in [0.29, 0.717) is 25.8 Å². The molecule has 448 valence electrons. The zero-order chi connectivity index (χ0) is 58.2. The molecule has 27 heteroatoms. The molecular weight excluding hydrogens is 1030 g/mol. The number of nitrogens with one attached hydrogen (secondary N) is 6. The first-order valence-electron chi connectivity index (χ1n) is 27.2. The van der Waals surface area contributed by atoms with Gasteiger partial charge in [-0.25, -0.2) is 19.2 Å². The van der Waals surface area contributed by atoms with Crippen LogP contribution in [0.15, 0.2) is 0 Å². The maximum absolute atomic E-state index is 12.4. The fourth-order valence-electron chi connectivity index (χ4n) is 7.50. The normalized spacial score (nSPS) is 12.5. The van der Waals surface area contributed by atoms with Gasteiger partial charge in [-0.15, -0.1) is 0 Å². The van der Waals surface area contributed by atoms with Crippen LogP contribution in [-0.2, 0) is 71.7 Å². The van der Waals surface area contributed by atoms with Crippen molar-refractivity contribution >= 4 is 65.3 Å². The second-order valence-electron chi connectivity index (χ2n) is 18.6. The van der Waals surface area contributed by atoms with E-state index in [1.54, 1.807) is 0 Å². The highest BCUT2D eigenvalue weighted by molar-refractivity contribution is 5.88. The molecule has 0 aliphatic carbocycles. The smallest absolute Gasteiger partial charge is 0.326 e. The maximum Gasteiger partial charge on any atom is 0.326 e. The molecule has 0 heterocycles. The monoisotopic (exact) mass is 1120 g/mol. The third-order valence-electron chi connectivity index (χ3n) is 11.9. The topological polar surface area (TPSA) is 424 Å². The van der Waals surface area contributed by atoms with Crippen LogP contribution in [0.1, 0.15) is 161 Å². The SMILES string of the molecule is NCCCC[C@H](NC(=O)CC[C@H](NC(=O)CC[C@H](NC(=O)COCCOCCNC(=O)COCCOCCNC(=O)CC[C@H](NC(=O)CCCCCCCCCCCCCCCCC(=O)O)C(=O)O)C(=O)O)C(=O)O)C(=O)O. The number of carboxylic acids is 5. The lowest BCUT2D eigenvalue weighted by Crippen LogP contribution is -2.45. The Kier molecular flexibility index (Phi) is 44.4. The number of unbranched alkanes of at least 4 members (excludes halogenated alkanes) is 14. The van der Waals surface area contributed by atoms with Gasteiger partial charge in [-0.2, -0.15) is 0 Å². The highest BCUT2D eigenvalue weighted by Crippen LogP contribution is 2.14. The summed E-state index contributed by atoms with van der Waals surface area (Å²) >= 11 is 0. The first-order valence-corrected chi connectivity index (χ1v) is 27.2. The van der Waals surface area contributed by atoms with E-state index in [2.05, 4.69) is 31.9 Å². The van der Waals surface area contributed by atoms with Crippen LogP contribution in [-0.4, -0.2) is 187 Å². The van der Waals surface area contributed by atoms with Crippen molar-refractivity contribution in [1.82, 2.24) is 31.9 Å². The summed E-state index contributed by atoms with van der Waals surface area (Å²) in [5, 5.41) is 60.9. The van der Waals surface area contributed by atoms with Crippen LogP contribution in [0, 0.1) is 0 Å². The molecule has 6 amide bonds. The Morgan fingerprint density at radius 3 is 1.04 bits per heavy atom. The molecule has 0 aromatic carbocycles. The molecule has 13 N–H and O–H groups in total. The first-order chi connectivity index (χ1) is 37.4. The van der Waals surface area contributed by atoms with Gasteiger partial charge in [-0.3, -0.25) is 33.6 Å². The van der Waals surface area contributed by atoms with Crippen molar-refractivity contribution in [2.75, 3.05) is 72.5 Å². The van der Waals surface area contributed by atoms with E-state index in [0.717, 1.165) is 51.4 Å². The Bertz CT molecular complexity index is 1780. The molecule has 0 saturated heterocycles. The minimum absolute atomic E-state index is 0.0231. The second-order valence-corrected chi connectivity index (χ2v) is 18.6. The number of aliphatic carboxylic acids is 5. The van der Waals surface area contributed by atoms with Crippen molar-refractivity contribution < 1.29 is 97.2 Å². The van der Waals surface area contributed by atoms with Crippen LogP contribution < -0.4 is 37.6 Å². The van der Waals surface area contributed by atoms with Crippen LogP contribution in [0.2, 0.25) is 0 Å². The van der Waals surface area contributed by atoms with Gasteiger partial charge in [-0.1, -0.05) is 77.0 Å². The highest BCUT2D eigenvalue weighted by Gasteiger charge is 2.26. The lowest BCUT2D eigenvalue weighted by atomic mass is 10.0. The standard InChI is InChI=1S/C51H89N7O20/c52-26-16-15-17-37(48(67)68)55-43(61)24-21-39(50(71)72)57-44(62)25-22-40(51(73)74)58-46(64)36-78-34-32-76-30-28-54-45(63)35-77-33-31-75-29-27-53-41(59)23-20-38(49(69)70)56-42(60)18-13-11-9-7-5-3-1-2-4-6-8-10-12-14-19-47(65)66/h37-40H,1-36,52H2,(H,53,59)(H,54,63)(H,55,61)(H,56,60)(H,57,62)(H,58,64)(H,65,66)(H,67,68)(H,69,70)(H,71,72)(H,73,74)/t37-,38-,39-,40-/m0/s1. The van der Waals surface area contributed by atoms with E-state index < -0.39 is 109 Å². The van der Waals surface area contributed by atoms with Crippen molar-refractivity contribution in [2.24, 2.45) is 5.73 Å². The Labute approximate surface area is 456 Å². The number of amides is 6. The minimum Gasteiger partial charge on any atom is -0.481 e. The summed E-state index contributed by atoms with van der Waals surface area (Å²) in [6, 6.07) is -5.42. The van der Waals surface area contributed by atoms with Gasteiger partial charge in [0.05, 0.1) is 39.6 Å². The van der Waals surface area contributed by atoms with Gasteiger partial charge in [0.15, 0.2) is 0 Å². The van der Waals surface area contributed by atoms with Crippen molar-refractivity contribution in [3.05, 3.63) is 0 Å². The number of hydrogen-bond donors (Lipinski definition) is 12. The van der Waals surface area contributed by atoms with Gasteiger partial charge in [0.2, 0.25) is 35.4 Å². The lowest BCUT2D eigenvalue weighted by Gasteiger charge is -2.18. The summed E-state index contributed by atoms with van der Waals surface area (Å²) in [7, 11) is 0. The third-order valence-corrected chi connectivity index (χ3v) is 11.9. The Morgan fingerprint density at radius 2 is 0.641 bits per heavy atom. The summed E-state index contributed by atoms with van der Waals surface area (Å²) in [5.74, 6) is -9.74. The summed E-state index contributed by atoms with van der Waals surface area (Å²) in [6.45, 7) is 0.221. The molecule has 0 aliphatic heterocycles. The molecule has 27 nitrogen and oxygen atoms in total. The zero-order valence-corrected chi connectivity index (χ0v) is 45.2. The van der Waals surface area contributed by atoms with E-state index in [1.165, 1.54) is 32.1 Å². The van der Waals surface area contributed by atoms with E-state index in [-0.39, 0.29) is 104 Å². The van der Waals surface area contributed by atoms with E-state index >= 15 is 0 Å². The molecule has 0 aromatic heterocycles. The molecule has 78 heavy (non-hydrogen) atoms. The molecule has 0 unspecified atom stereocenters. The largest absolute Gasteiger partial charge is 0.481 e. The quantitative estimate of drug-likeness (QED) is 0.0383. The fraction of sp³-hybridized carbons (Fsp3) is 0.784. The number of nitrogens with two attached hydrogens (primary N) is 1. The number of carboxylic acid groups (broad SMARTS) is 5. The van der Waals surface area contributed by atoms with Crippen LogP contribution >= 0.6 is 0 Å². The molecule has 0 radical (unpaired) electrons. The minimum atomic E-state index is -1.53. The Hall–Kier alpha value is -6.03. The lowest BCUT2D eigenvalue weighted by molar-refractivity contribution is -0.144. The summed E-state index contributed by atoms with van der Waals surface area (Å²) < 4.78 is 21.1. The third kappa shape index (κ3) is 44.0. The van der Waals surface area contributed by atoms with Crippen molar-refractivity contribution in [3.8, 4) is 0 Å². The second kappa shape index (κ2) is 48.1. The highest BCUT2D eigenvalue weighted by atomic mass is 16.5. The molecule has 4 atom stereocenters. The molecule has 0 bridgehead atoms. The maximum atomic E-state index is 12.4. The Balaban J connectivity index is 4.00. The summed E-state index contributed by atoms with van der Waals surface area (Å²) in [4.78, 5) is 131. The predicted octanol–water partition coefficient (Wildman–Crippen LogP) is 1.36. The van der Waals surface area contributed by atoms with Gasteiger partial charge in [0.1, 0.15) is 37.4 Å². The molecular formula is C51H89N7O20. The molecule has 0 saturated carbocycles. The van der Waals surface area contributed by atoms with Gasteiger partial charge >= 0.3 is 29.8 Å². The summed E-state index contributed by atoms with van der Waals surface area (Å²) in [5.41, 5.74) is 5.40. The zero-order valence-electron chi connectivity index (χ0n) is 45.2. The molecule has 0 spiro atoms. The number of hydrogen-bond acceptors (Lipinski definition) is 16. The Morgan fingerprint density at radius 1 is 0.321 bits per heavy atom. The van der Waals surface area contributed by atoms with Crippen molar-refractivity contribution in [1.29, 1.82) is 0 Å².